The lowest BCUT2D eigenvalue weighted by Gasteiger charge is -2.14. The topological polar surface area (TPSA) is 71.2 Å². The van der Waals surface area contributed by atoms with Crippen LogP contribution < -0.4 is 0 Å². The van der Waals surface area contributed by atoms with Gasteiger partial charge in [0, 0.05) is 0 Å². The van der Waals surface area contributed by atoms with Crippen molar-refractivity contribution in [2.24, 2.45) is 0 Å². The van der Waals surface area contributed by atoms with Gasteiger partial charge in [0.2, 0.25) is 0 Å². The summed E-state index contributed by atoms with van der Waals surface area (Å²) in [5.41, 5.74) is 0. The third kappa shape index (κ3) is 1.11. The number of hydrogen-bond acceptors (Lipinski definition) is 4. The van der Waals surface area contributed by atoms with Gasteiger partial charge in [0.1, 0.15) is 12.1 Å². The molecule has 2 N–H and O–H groups in total. The average Bonchev–Trinajstić information content (AvgIpc) is 2.64. The van der Waals surface area contributed by atoms with Crippen molar-refractivity contribution in [3.05, 3.63) is 12.4 Å². The number of aliphatic hydroxyl groups is 2. The molecule has 1 aliphatic carbocycles. The molecule has 12 heavy (non-hydrogen) atoms. The maximum absolute atomic E-state index is 9.48. The molecule has 0 saturated heterocycles. The lowest BCUT2D eigenvalue weighted by molar-refractivity contribution is 0.0182. The first-order valence-corrected chi connectivity index (χ1v) is 4.01. The molecule has 0 radical (unpaired) electrons. The molecule has 5 nitrogen and oxygen atoms in total. The second kappa shape index (κ2) is 2.84. The summed E-state index contributed by atoms with van der Waals surface area (Å²) in [7, 11) is 0. The molecule has 0 aliphatic heterocycles. The Kier molecular flexibility index (Phi) is 1.82. The Morgan fingerprint density at radius 2 is 1.83 bits per heavy atom. The van der Waals surface area contributed by atoms with Crippen molar-refractivity contribution in [1.82, 2.24) is 15.0 Å². The summed E-state index contributed by atoms with van der Waals surface area (Å²) in [6.07, 6.45) is 3.14. The zero-order valence-corrected chi connectivity index (χ0v) is 6.54. The minimum Gasteiger partial charge on any atom is -0.390 e. The Labute approximate surface area is 69.6 Å². The van der Waals surface area contributed by atoms with Gasteiger partial charge in [0.05, 0.1) is 18.5 Å². The quantitative estimate of drug-likeness (QED) is 0.585. The largest absolute Gasteiger partial charge is 0.390 e. The summed E-state index contributed by atoms with van der Waals surface area (Å²) in [5.74, 6) is 0. The summed E-state index contributed by atoms with van der Waals surface area (Å²) in [5, 5.41) is 26.6. The molecule has 0 spiro atoms. The molecule has 1 fully saturated rings. The van der Waals surface area contributed by atoms with Crippen molar-refractivity contribution >= 4 is 0 Å². The number of rotatable bonds is 1. The molecule has 1 aliphatic rings. The lowest BCUT2D eigenvalue weighted by atomic mass is 10.2. The fraction of sp³-hybridized carbons (Fsp3) is 0.714. The third-order valence-corrected chi connectivity index (χ3v) is 2.28. The van der Waals surface area contributed by atoms with Gasteiger partial charge < -0.3 is 10.2 Å². The average molecular weight is 169 g/mol. The lowest BCUT2D eigenvalue weighted by Crippen LogP contribution is -2.28. The van der Waals surface area contributed by atoms with E-state index in [1.165, 1.54) is 4.80 Å². The van der Waals surface area contributed by atoms with Crippen LogP contribution in [0.25, 0.3) is 0 Å². The van der Waals surface area contributed by atoms with Crippen LogP contribution in [-0.4, -0.2) is 37.4 Å². The van der Waals surface area contributed by atoms with Gasteiger partial charge in [-0.2, -0.15) is 15.0 Å². The Hall–Kier alpha value is -0.940. The van der Waals surface area contributed by atoms with Crippen LogP contribution >= 0.6 is 0 Å². The minimum atomic E-state index is -0.725. The summed E-state index contributed by atoms with van der Waals surface area (Å²) < 4.78 is 0. The van der Waals surface area contributed by atoms with Crippen molar-refractivity contribution in [3.8, 4) is 0 Å². The normalized spacial score (nSPS) is 35.7. The molecule has 1 heterocycles. The molecule has 1 saturated carbocycles. The van der Waals surface area contributed by atoms with E-state index in [0.29, 0.717) is 6.42 Å². The van der Waals surface area contributed by atoms with Crippen LogP contribution in [0.5, 0.6) is 0 Å². The Morgan fingerprint density at radius 1 is 1.17 bits per heavy atom. The number of nitrogens with zero attached hydrogens (tertiary/aromatic N) is 3. The van der Waals surface area contributed by atoms with E-state index in [-0.39, 0.29) is 6.04 Å². The standard InChI is InChI=1S/C7H11N3O2/c11-6-2-1-5(7(6)12)10-8-3-4-9-10/h3-7,11-12H,1-2H2. The molecule has 1 aromatic heterocycles. The maximum Gasteiger partial charge on any atom is 0.104 e. The van der Waals surface area contributed by atoms with Gasteiger partial charge in [-0.05, 0) is 12.8 Å². The van der Waals surface area contributed by atoms with Crippen LogP contribution in [0.4, 0.5) is 0 Å². The summed E-state index contributed by atoms with van der Waals surface area (Å²) in [6.45, 7) is 0. The van der Waals surface area contributed by atoms with Crippen LogP contribution in [0.15, 0.2) is 12.4 Å². The first-order valence-electron chi connectivity index (χ1n) is 4.01. The van der Waals surface area contributed by atoms with E-state index in [1.54, 1.807) is 12.4 Å². The van der Waals surface area contributed by atoms with Gasteiger partial charge >= 0.3 is 0 Å². The van der Waals surface area contributed by atoms with Crippen LogP contribution in [0.2, 0.25) is 0 Å². The summed E-state index contributed by atoms with van der Waals surface area (Å²) in [6, 6.07) is -0.157. The van der Waals surface area contributed by atoms with E-state index in [0.717, 1.165) is 6.42 Å². The van der Waals surface area contributed by atoms with Gasteiger partial charge in [0.25, 0.3) is 0 Å². The molecule has 1 aromatic rings. The highest BCUT2D eigenvalue weighted by Crippen LogP contribution is 2.28. The number of aromatic nitrogens is 3. The first-order chi connectivity index (χ1) is 5.79. The number of aliphatic hydroxyl groups excluding tert-OH is 2. The molecule has 5 heteroatoms. The summed E-state index contributed by atoms with van der Waals surface area (Å²) >= 11 is 0. The van der Waals surface area contributed by atoms with Gasteiger partial charge in [-0.3, -0.25) is 0 Å². The van der Waals surface area contributed by atoms with E-state index >= 15 is 0 Å². The monoisotopic (exact) mass is 169 g/mol. The van der Waals surface area contributed by atoms with E-state index in [4.69, 9.17) is 0 Å². The molecule has 66 valence electrons. The number of hydrogen-bond donors (Lipinski definition) is 2. The second-order valence-electron chi connectivity index (χ2n) is 3.05. The van der Waals surface area contributed by atoms with Gasteiger partial charge in [-0.1, -0.05) is 0 Å². The first kappa shape index (κ1) is 7.70. The van der Waals surface area contributed by atoms with Crippen LogP contribution in [0.1, 0.15) is 18.9 Å². The van der Waals surface area contributed by atoms with E-state index in [1.807, 2.05) is 0 Å². The predicted octanol–water partition coefficient (Wildman–Crippen LogP) is -0.665. The van der Waals surface area contributed by atoms with E-state index < -0.39 is 12.2 Å². The van der Waals surface area contributed by atoms with Gasteiger partial charge in [-0.25, -0.2) is 0 Å². The summed E-state index contributed by atoms with van der Waals surface area (Å²) in [4.78, 5) is 1.46. The van der Waals surface area contributed by atoms with Crippen LogP contribution in [0, 0.1) is 0 Å². The highest BCUT2D eigenvalue weighted by Gasteiger charge is 2.35. The minimum absolute atomic E-state index is 0.157. The van der Waals surface area contributed by atoms with Crippen LogP contribution in [-0.2, 0) is 0 Å². The fourth-order valence-corrected chi connectivity index (χ4v) is 1.59. The van der Waals surface area contributed by atoms with Gasteiger partial charge in [0.15, 0.2) is 0 Å². The third-order valence-electron chi connectivity index (χ3n) is 2.28. The van der Waals surface area contributed by atoms with E-state index in [2.05, 4.69) is 10.2 Å². The predicted molar refractivity (Wildman–Crippen MR) is 40.3 cm³/mol. The smallest absolute Gasteiger partial charge is 0.104 e. The zero-order valence-electron chi connectivity index (χ0n) is 6.54. The van der Waals surface area contributed by atoms with Crippen molar-refractivity contribution in [3.63, 3.8) is 0 Å². The highest BCUT2D eigenvalue weighted by molar-refractivity contribution is 4.86. The molecule has 2 rings (SSSR count). The van der Waals surface area contributed by atoms with Crippen molar-refractivity contribution < 1.29 is 10.2 Å². The highest BCUT2D eigenvalue weighted by atomic mass is 16.3. The Morgan fingerprint density at radius 3 is 2.33 bits per heavy atom. The maximum atomic E-state index is 9.48. The zero-order chi connectivity index (χ0) is 8.55. The van der Waals surface area contributed by atoms with Crippen molar-refractivity contribution in [2.75, 3.05) is 0 Å². The molecule has 0 amide bonds. The van der Waals surface area contributed by atoms with E-state index in [9.17, 15) is 10.2 Å². The van der Waals surface area contributed by atoms with Crippen LogP contribution in [0.3, 0.4) is 0 Å². The Balaban J connectivity index is 2.16. The molecule has 3 atom stereocenters. The second-order valence-corrected chi connectivity index (χ2v) is 3.05. The van der Waals surface area contributed by atoms with Gasteiger partial charge in [-0.15, -0.1) is 0 Å². The molecule has 0 aromatic carbocycles. The van der Waals surface area contributed by atoms with Crippen molar-refractivity contribution in [2.45, 2.75) is 31.1 Å². The molecule has 0 bridgehead atoms. The molecule has 3 unspecified atom stereocenters. The fourth-order valence-electron chi connectivity index (χ4n) is 1.59. The SMILES string of the molecule is OC1CCC(n2nccn2)C1O. The molecular weight excluding hydrogens is 158 g/mol. The Bertz CT molecular complexity index is 249. The molecular formula is C7H11N3O2. The van der Waals surface area contributed by atoms with Crippen molar-refractivity contribution in [1.29, 1.82) is 0 Å².